The van der Waals surface area contributed by atoms with E-state index in [4.69, 9.17) is 20.7 Å². The van der Waals surface area contributed by atoms with E-state index in [2.05, 4.69) is 37.3 Å². The molecule has 0 aliphatic carbocycles. The maximum atomic E-state index is 13.2. The van der Waals surface area contributed by atoms with E-state index in [0.717, 1.165) is 15.4 Å². The van der Waals surface area contributed by atoms with E-state index < -0.39 is 5.60 Å². The van der Waals surface area contributed by atoms with E-state index in [1.807, 2.05) is 42.5 Å². The Hall–Kier alpha value is -3.57. The Kier molecular flexibility index (Phi) is 6.52. The number of fused-ring (bicyclic) bond motifs is 1. The van der Waals surface area contributed by atoms with E-state index >= 15 is 0 Å². The van der Waals surface area contributed by atoms with Crippen molar-refractivity contribution in [3.8, 4) is 23.8 Å². The summed E-state index contributed by atoms with van der Waals surface area (Å²) < 4.78 is 12.2. The largest absolute Gasteiger partial charge is 0.492 e. The lowest BCUT2D eigenvalue weighted by atomic mass is 9.86. The fourth-order valence-corrected chi connectivity index (χ4v) is 4.30. The van der Waals surface area contributed by atoms with Crippen LogP contribution in [0, 0.1) is 12.3 Å². The predicted octanol–water partition coefficient (Wildman–Crippen LogP) is 3.87. The second-order valence-electron chi connectivity index (χ2n) is 7.57. The third-order valence-electron chi connectivity index (χ3n) is 5.45. The molecule has 1 aliphatic heterocycles. The summed E-state index contributed by atoms with van der Waals surface area (Å²) in [4.78, 5) is 23.5. The fourth-order valence-electron chi connectivity index (χ4n) is 3.95. The van der Waals surface area contributed by atoms with Crippen molar-refractivity contribution in [1.29, 1.82) is 0 Å². The summed E-state index contributed by atoms with van der Waals surface area (Å²) in [6.45, 7) is 0.0981. The number of nitrogens with zero attached hydrogens (tertiary/aromatic N) is 2. The number of hydrogen-bond acceptors (Lipinski definition) is 6. The van der Waals surface area contributed by atoms with Crippen molar-refractivity contribution in [3.63, 3.8) is 0 Å². The molecule has 0 bridgehead atoms. The van der Waals surface area contributed by atoms with Crippen LogP contribution >= 0.6 is 15.9 Å². The Morgan fingerprint density at radius 2 is 2.00 bits per heavy atom. The van der Waals surface area contributed by atoms with E-state index in [-0.39, 0.29) is 18.9 Å². The van der Waals surface area contributed by atoms with Crippen molar-refractivity contribution in [2.24, 2.45) is 5.16 Å². The molecule has 1 atom stereocenters. The monoisotopic (exact) mass is 507 g/mol. The molecule has 2 heterocycles. The third-order valence-corrected chi connectivity index (χ3v) is 5.88. The number of rotatable bonds is 7. The van der Waals surface area contributed by atoms with Gasteiger partial charge >= 0.3 is 0 Å². The van der Waals surface area contributed by atoms with Crippen LogP contribution in [0.25, 0.3) is 10.9 Å². The first-order valence-corrected chi connectivity index (χ1v) is 11.0. The average molecular weight is 508 g/mol. The van der Waals surface area contributed by atoms with Crippen LogP contribution in [-0.4, -0.2) is 43.0 Å². The molecule has 8 heteroatoms. The minimum atomic E-state index is -1.24. The lowest BCUT2D eigenvalue weighted by Gasteiger charge is -2.25. The van der Waals surface area contributed by atoms with Crippen molar-refractivity contribution >= 4 is 38.5 Å². The van der Waals surface area contributed by atoms with Gasteiger partial charge in [-0.2, -0.15) is 0 Å². The van der Waals surface area contributed by atoms with Gasteiger partial charge in [-0.15, -0.1) is 6.42 Å². The molecule has 168 valence electrons. The van der Waals surface area contributed by atoms with Crippen LogP contribution in [0.2, 0.25) is 0 Å². The number of hydrogen-bond donors (Lipinski definition) is 1. The third kappa shape index (κ3) is 4.37. The number of aromatic nitrogens is 1. The number of terminal acetylenes is 1. The lowest BCUT2D eigenvalue weighted by Crippen LogP contribution is -2.49. The molecule has 4 rings (SSSR count). The van der Waals surface area contributed by atoms with Gasteiger partial charge in [0.05, 0.1) is 26.5 Å². The maximum absolute atomic E-state index is 13.2. The summed E-state index contributed by atoms with van der Waals surface area (Å²) >= 11 is 3.46. The highest BCUT2D eigenvalue weighted by Crippen LogP contribution is 2.42. The van der Waals surface area contributed by atoms with Gasteiger partial charge in [-0.1, -0.05) is 41.4 Å². The van der Waals surface area contributed by atoms with Crippen molar-refractivity contribution < 1.29 is 19.1 Å². The Labute approximate surface area is 200 Å². The number of pyridine rings is 1. The minimum absolute atomic E-state index is 0.0981. The summed E-state index contributed by atoms with van der Waals surface area (Å²) in [6, 6.07) is 13.5. The highest BCUT2D eigenvalue weighted by Gasteiger charge is 2.47. The number of amides is 1. The summed E-state index contributed by atoms with van der Waals surface area (Å²) in [5, 5.41) is 7.92. The number of carbonyl (C=O) groups is 1. The first-order valence-electron chi connectivity index (χ1n) is 10.2. The molecule has 1 aliphatic rings. The fraction of sp³-hybridized carbons (Fsp3) is 0.240. The predicted molar refractivity (Wildman–Crippen MR) is 130 cm³/mol. The molecule has 7 nitrogen and oxygen atoms in total. The average Bonchev–Trinajstić information content (AvgIpc) is 3.26. The Bertz CT molecular complexity index is 1270. The molecule has 0 saturated heterocycles. The Balaban J connectivity index is 1.77. The standard InChI is InChI=1S/C25H22BrN3O4/c1-4-10-27-24(30)25(13-16-8-6-5-7-9-16)14-20(29-33-25)19-12-17-11-18(26)15-28-21(17)23(32-3)22(19)31-2/h1,5-9,11-12,15H,10,13-14H2,2-3H3,(H,27,30). The zero-order chi connectivity index (χ0) is 23.4. The molecule has 3 aromatic rings. The van der Waals surface area contributed by atoms with Gasteiger partial charge < -0.3 is 19.6 Å². The highest BCUT2D eigenvalue weighted by molar-refractivity contribution is 9.10. The lowest BCUT2D eigenvalue weighted by molar-refractivity contribution is -0.143. The van der Waals surface area contributed by atoms with Gasteiger partial charge in [-0.05, 0) is 33.6 Å². The summed E-state index contributed by atoms with van der Waals surface area (Å²) in [5.41, 5.74) is 1.60. The van der Waals surface area contributed by atoms with Crippen LogP contribution in [0.1, 0.15) is 17.5 Å². The van der Waals surface area contributed by atoms with Gasteiger partial charge in [-0.25, -0.2) is 0 Å². The van der Waals surface area contributed by atoms with E-state index in [0.29, 0.717) is 34.7 Å². The topological polar surface area (TPSA) is 82.0 Å². The quantitative estimate of drug-likeness (QED) is 0.491. The number of benzene rings is 2. The number of halogens is 1. The first-order chi connectivity index (χ1) is 16.0. The molecule has 0 radical (unpaired) electrons. The second-order valence-corrected chi connectivity index (χ2v) is 8.48. The van der Waals surface area contributed by atoms with Crippen LogP contribution < -0.4 is 14.8 Å². The summed E-state index contributed by atoms with van der Waals surface area (Å²) in [7, 11) is 3.12. The molecule has 0 saturated carbocycles. The van der Waals surface area contributed by atoms with E-state index in [1.54, 1.807) is 20.4 Å². The molecule has 2 aromatic carbocycles. The van der Waals surface area contributed by atoms with Gasteiger partial charge in [0.2, 0.25) is 5.60 Å². The molecule has 1 unspecified atom stereocenters. The van der Waals surface area contributed by atoms with E-state index in [1.165, 1.54) is 0 Å². The van der Waals surface area contributed by atoms with Gasteiger partial charge in [-0.3, -0.25) is 9.78 Å². The normalized spacial score (nSPS) is 17.1. The molecule has 1 amide bonds. The Morgan fingerprint density at radius 3 is 2.70 bits per heavy atom. The second kappa shape index (κ2) is 9.51. The molecular formula is C25H22BrN3O4. The summed E-state index contributed by atoms with van der Waals surface area (Å²) in [5.74, 6) is 3.07. The smallest absolute Gasteiger partial charge is 0.268 e. The van der Waals surface area contributed by atoms with Gasteiger partial charge in [0.1, 0.15) is 5.52 Å². The van der Waals surface area contributed by atoms with Crippen LogP contribution in [0.3, 0.4) is 0 Å². The van der Waals surface area contributed by atoms with Crippen LogP contribution in [0.15, 0.2) is 58.3 Å². The SMILES string of the molecule is C#CCNC(=O)C1(Cc2ccccc2)CC(c2cc3cc(Br)cnc3c(OC)c2OC)=NO1. The van der Waals surface area contributed by atoms with Gasteiger partial charge in [0.15, 0.2) is 11.5 Å². The van der Waals surface area contributed by atoms with E-state index in [9.17, 15) is 4.79 Å². The maximum Gasteiger partial charge on any atom is 0.268 e. The highest BCUT2D eigenvalue weighted by atomic mass is 79.9. The number of ether oxygens (including phenoxy) is 2. The van der Waals surface area contributed by atoms with Crippen molar-refractivity contribution in [2.45, 2.75) is 18.4 Å². The van der Waals surface area contributed by atoms with Gasteiger partial charge in [0.25, 0.3) is 5.91 Å². The number of oxime groups is 1. The van der Waals surface area contributed by atoms with Gasteiger partial charge in [0, 0.05) is 34.5 Å². The first kappa shape index (κ1) is 22.6. The van der Waals surface area contributed by atoms with Crippen LogP contribution in [-0.2, 0) is 16.1 Å². The number of carbonyl (C=O) groups excluding carboxylic acids is 1. The van der Waals surface area contributed by atoms with Crippen molar-refractivity contribution in [1.82, 2.24) is 10.3 Å². The molecule has 33 heavy (non-hydrogen) atoms. The summed E-state index contributed by atoms with van der Waals surface area (Å²) in [6.07, 6.45) is 7.60. The van der Waals surface area contributed by atoms with Crippen LogP contribution in [0.4, 0.5) is 0 Å². The zero-order valence-electron chi connectivity index (χ0n) is 18.2. The zero-order valence-corrected chi connectivity index (χ0v) is 19.8. The number of methoxy groups -OCH3 is 2. The molecule has 1 aromatic heterocycles. The number of nitrogens with one attached hydrogen (secondary N) is 1. The molecule has 1 N–H and O–H groups in total. The molecular weight excluding hydrogens is 486 g/mol. The minimum Gasteiger partial charge on any atom is -0.492 e. The van der Waals surface area contributed by atoms with Crippen LogP contribution in [0.5, 0.6) is 11.5 Å². The molecule has 0 fully saturated rings. The van der Waals surface area contributed by atoms with Crippen molar-refractivity contribution in [2.75, 3.05) is 20.8 Å². The molecule has 0 spiro atoms. The Morgan fingerprint density at radius 1 is 1.24 bits per heavy atom. The van der Waals surface area contributed by atoms with Crippen molar-refractivity contribution in [3.05, 3.63) is 64.3 Å².